The van der Waals surface area contributed by atoms with E-state index in [4.69, 9.17) is 0 Å². The number of likely N-dealkylation sites (N-methyl/N-ethyl adjacent to an activating group) is 1. The molecule has 194 valence electrons. The highest BCUT2D eigenvalue weighted by molar-refractivity contribution is 6.23. The average Bonchev–Trinajstić information content (AvgIpc) is 3.14. The van der Waals surface area contributed by atoms with E-state index in [1.54, 1.807) is 12.1 Å². The second-order valence-corrected chi connectivity index (χ2v) is 10.8. The van der Waals surface area contributed by atoms with Crippen molar-refractivity contribution in [3.8, 4) is 0 Å². The van der Waals surface area contributed by atoms with Crippen molar-refractivity contribution in [3.05, 3.63) is 29.3 Å². The third-order valence-corrected chi connectivity index (χ3v) is 8.44. The molecular weight excluding hydrogens is 460 g/mol. The van der Waals surface area contributed by atoms with Crippen LogP contribution in [0.15, 0.2) is 18.2 Å². The number of hydrogen-bond acceptors (Lipinski definition) is 7. The fourth-order valence-corrected chi connectivity index (χ4v) is 5.87. The number of carbonyl (C=O) groups excluding carboxylic acids is 5. The molecule has 0 saturated carbocycles. The van der Waals surface area contributed by atoms with Gasteiger partial charge >= 0.3 is 0 Å². The van der Waals surface area contributed by atoms with Crippen LogP contribution in [0.5, 0.6) is 0 Å². The number of anilines is 1. The Morgan fingerprint density at radius 1 is 1.03 bits per heavy atom. The Morgan fingerprint density at radius 2 is 1.64 bits per heavy atom. The average molecular weight is 497 g/mol. The van der Waals surface area contributed by atoms with Crippen molar-refractivity contribution >= 4 is 36.0 Å². The minimum absolute atomic E-state index is 0.0800. The van der Waals surface area contributed by atoms with Crippen LogP contribution in [0.2, 0.25) is 0 Å². The summed E-state index contributed by atoms with van der Waals surface area (Å²) in [5, 5.41) is 2.49. The monoisotopic (exact) mass is 496 g/mol. The molecule has 2 fully saturated rings. The van der Waals surface area contributed by atoms with Gasteiger partial charge in [0.25, 0.3) is 11.8 Å². The molecule has 0 aromatic heterocycles. The van der Waals surface area contributed by atoms with E-state index in [1.807, 2.05) is 19.9 Å². The van der Waals surface area contributed by atoms with Gasteiger partial charge in [-0.2, -0.15) is 0 Å². The molecule has 4 rings (SSSR count). The van der Waals surface area contributed by atoms with Gasteiger partial charge in [0.2, 0.25) is 5.91 Å². The maximum absolute atomic E-state index is 13.2. The quantitative estimate of drug-likeness (QED) is 0.434. The molecule has 0 radical (unpaired) electrons. The fourth-order valence-electron chi connectivity index (χ4n) is 5.87. The van der Waals surface area contributed by atoms with Crippen molar-refractivity contribution in [1.82, 2.24) is 15.1 Å². The Labute approximate surface area is 212 Å². The van der Waals surface area contributed by atoms with Crippen molar-refractivity contribution in [1.29, 1.82) is 0 Å². The number of aldehydes is 2. The molecule has 3 heterocycles. The minimum atomic E-state index is -1.01. The summed E-state index contributed by atoms with van der Waals surface area (Å²) >= 11 is 0. The van der Waals surface area contributed by atoms with Crippen LogP contribution in [0.1, 0.15) is 73.1 Å². The molecular formula is C27H36N4O5. The summed E-state index contributed by atoms with van der Waals surface area (Å²) in [6, 6.07) is 4.31. The van der Waals surface area contributed by atoms with Gasteiger partial charge in [0, 0.05) is 32.2 Å². The third kappa shape index (κ3) is 4.68. The molecule has 9 nitrogen and oxygen atoms in total. The van der Waals surface area contributed by atoms with Crippen LogP contribution < -0.4 is 10.2 Å². The van der Waals surface area contributed by atoms with Gasteiger partial charge in [-0.3, -0.25) is 24.2 Å². The van der Waals surface area contributed by atoms with Crippen LogP contribution in [-0.4, -0.2) is 84.9 Å². The van der Waals surface area contributed by atoms with Crippen LogP contribution >= 0.6 is 0 Å². The SMILES string of the molecule is CNC(=O)C(CCC=O)N1C(=O)c2ccc(N3CCC4(CC3)CCN(C(C)(C)C=O)CC4)cc2C1=O. The lowest BCUT2D eigenvalue weighted by Crippen LogP contribution is -2.53. The van der Waals surface area contributed by atoms with Gasteiger partial charge in [0.1, 0.15) is 18.6 Å². The standard InChI is InChI=1S/C27H36N4O5/c1-26(2,18-33)30-14-10-27(11-15-30)8-12-29(13-9-27)19-6-7-20-21(17-19)25(36)31(24(20)35)22(5-4-16-32)23(34)28-3/h6-7,16-18,22H,4-5,8-15H2,1-3H3,(H,28,34). The molecule has 1 N–H and O–H groups in total. The summed E-state index contributed by atoms with van der Waals surface area (Å²) in [5.74, 6) is -1.45. The number of amides is 3. The first-order chi connectivity index (χ1) is 17.2. The summed E-state index contributed by atoms with van der Waals surface area (Å²) in [6.45, 7) is 7.52. The van der Waals surface area contributed by atoms with Crippen molar-refractivity contribution < 1.29 is 24.0 Å². The molecule has 1 spiro atoms. The normalized spacial score (nSPS) is 20.9. The van der Waals surface area contributed by atoms with Crippen LogP contribution in [0.3, 0.4) is 0 Å². The molecule has 3 aliphatic heterocycles. The van der Waals surface area contributed by atoms with Crippen molar-refractivity contribution in [2.24, 2.45) is 5.41 Å². The highest BCUT2D eigenvalue weighted by Crippen LogP contribution is 2.43. The lowest BCUT2D eigenvalue weighted by Gasteiger charge is -2.49. The number of benzene rings is 1. The largest absolute Gasteiger partial charge is 0.371 e. The van der Waals surface area contributed by atoms with E-state index in [0.717, 1.165) is 68.7 Å². The van der Waals surface area contributed by atoms with Gasteiger partial charge in [0.15, 0.2) is 0 Å². The van der Waals surface area contributed by atoms with Gasteiger partial charge in [-0.15, -0.1) is 0 Å². The summed E-state index contributed by atoms with van der Waals surface area (Å²) in [7, 11) is 1.45. The Bertz CT molecular complexity index is 1050. The number of carbonyl (C=O) groups is 5. The lowest BCUT2D eigenvalue weighted by atomic mass is 9.70. The first kappa shape index (κ1) is 26.0. The number of fused-ring (bicyclic) bond motifs is 1. The van der Waals surface area contributed by atoms with Crippen molar-refractivity contribution in [2.75, 3.05) is 38.1 Å². The maximum atomic E-state index is 13.2. The van der Waals surface area contributed by atoms with E-state index < -0.39 is 29.3 Å². The van der Waals surface area contributed by atoms with Gasteiger partial charge < -0.3 is 19.8 Å². The van der Waals surface area contributed by atoms with Gasteiger partial charge in [0.05, 0.1) is 16.7 Å². The predicted molar refractivity (Wildman–Crippen MR) is 135 cm³/mol. The summed E-state index contributed by atoms with van der Waals surface area (Å²) in [6.07, 6.45) is 6.13. The zero-order chi connectivity index (χ0) is 26.1. The molecule has 0 aliphatic carbocycles. The van der Waals surface area contributed by atoms with Gasteiger partial charge in [-0.25, -0.2) is 0 Å². The second kappa shape index (κ2) is 10.1. The molecule has 1 aromatic rings. The van der Waals surface area contributed by atoms with E-state index in [0.29, 0.717) is 17.4 Å². The third-order valence-electron chi connectivity index (χ3n) is 8.44. The number of rotatable bonds is 8. The molecule has 2 saturated heterocycles. The zero-order valence-electron chi connectivity index (χ0n) is 21.4. The highest BCUT2D eigenvalue weighted by Gasteiger charge is 2.44. The Hall–Kier alpha value is -3.07. The molecule has 1 aromatic carbocycles. The minimum Gasteiger partial charge on any atom is -0.371 e. The van der Waals surface area contributed by atoms with Gasteiger partial charge in [-0.1, -0.05) is 0 Å². The first-order valence-electron chi connectivity index (χ1n) is 12.8. The van der Waals surface area contributed by atoms with Crippen molar-refractivity contribution in [3.63, 3.8) is 0 Å². The van der Waals surface area contributed by atoms with E-state index in [9.17, 15) is 24.0 Å². The lowest BCUT2D eigenvalue weighted by molar-refractivity contribution is -0.124. The number of likely N-dealkylation sites (tertiary alicyclic amines) is 1. The molecule has 1 atom stereocenters. The molecule has 3 amide bonds. The van der Waals surface area contributed by atoms with E-state index >= 15 is 0 Å². The maximum Gasteiger partial charge on any atom is 0.262 e. The Morgan fingerprint density at radius 3 is 2.22 bits per heavy atom. The summed E-state index contributed by atoms with van der Waals surface area (Å²) in [5.41, 5.74) is 1.36. The van der Waals surface area contributed by atoms with E-state index in [-0.39, 0.29) is 18.3 Å². The summed E-state index contributed by atoms with van der Waals surface area (Å²) in [4.78, 5) is 66.5. The number of hydrogen-bond donors (Lipinski definition) is 1. The predicted octanol–water partition coefficient (Wildman–Crippen LogP) is 2.04. The fraction of sp³-hybridized carbons (Fsp3) is 0.593. The van der Waals surface area contributed by atoms with E-state index in [2.05, 4.69) is 15.1 Å². The number of nitrogens with one attached hydrogen (secondary N) is 1. The zero-order valence-corrected chi connectivity index (χ0v) is 21.4. The van der Waals surface area contributed by atoms with Crippen LogP contribution in [0, 0.1) is 5.41 Å². The highest BCUT2D eigenvalue weighted by atomic mass is 16.2. The van der Waals surface area contributed by atoms with Crippen LogP contribution in [0.4, 0.5) is 5.69 Å². The first-order valence-corrected chi connectivity index (χ1v) is 12.8. The number of piperidine rings is 2. The smallest absolute Gasteiger partial charge is 0.262 e. The summed E-state index contributed by atoms with van der Waals surface area (Å²) < 4.78 is 0. The van der Waals surface area contributed by atoms with Crippen LogP contribution in [-0.2, 0) is 14.4 Å². The Balaban J connectivity index is 1.45. The number of nitrogens with zero attached hydrogens (tertiary/aromatic N) is 3. The molecule has 0 bridgehead atoms. The second-order valence-electron chi connectivity index (χ2n) is 10.8. The molecule has 3 aliphatic rings. The molecule has 9 heteroatoms. The van der Waals surface area contributed by atoms with Crippen molar-refractivity contribution in [2.45, 2.75) is 64.0 Å². The Kier molecular flexibility index (Phi) is 7.31. The molecule has 36 heavy (non-hydrogen) atoms. The van der Waals surface area contributed by atoms with Crippen LogP contribution in [0.25, 0.3) is 0 Å². The number of imide groups is 1. The van der Waals surface area contributed by atoms with Gasteiger partial charge in [-0.05, 0) is 82.7 Å². The van der Waals surface area contributed by atoms with E-state index in [1.165, 1.54) is 7.05 Å². The molecule has 1 unspecified atom stereocenters. The topological polar surface area (TPSA) is 107 Å².